The van der Waals surface area contributed by atoms with Gasteiger partial charge >= 0.3 is 6.36 Å². The number of hydrogen-bond donors (Lipinski definition) is 3. The third-order valence-corrected chi connectivity index (χ3v) is 3.28. The molecule has 2 rings (SSSR count). The zero-order valence-corrected chi connectivity index (χ0v) is 16.8. The van der Waals surface area contributed by atoms with Gasteiger partial charge in [-0.2, -0.15) is 0 Å². The molecular formula is C17H21F3IN3O3. The third-order valence-electron chi connectivity index (χ3n) is 3.28. The maximum Gasteiger partial charge on any atom is 0.573 e. The van der Waals surface area contributed by atoms with Crippen LogP contribution in [-0.4, -0.2) is 30.5 Å². The lowest BCUT2D eigenvalue weighted by Gasteiger charge is -2.15. The van der Waals surface area contributed by atoms with E-state index in [1.54, 1.807) is 18.2 Å². The van der Waals surface area contributed by atoms with Crippen molar-refractivity contribution in [3.63, 3.8) is 0 Å². The number of benzene rings is 1. The summed E-state index contributed by atoms with van der Waals surface area (Å²) in [4.78, 5) is 4.23. The highest BCUT2D eigenvalue weighted by molar-refractivity contribution is 14.0. The van der Waals surface area contributed by atoms with E-state index in [0.717, 1.165) is 0 Å². The molecule has 0 saturated carbocycles. The van der Waals surface area contributed by atoms with E-state index in [9.17, 15) is 18.3 Å². The van der Waals surface area contributed by atoms with Crippen molar-refractivity contribution in [3.8, 4) is 5.75 Å². The SMILES string of the molecule is CCNC(=NCc1ccccc1OC(F)(F)F)NCC(O)c1ccco1.I. The molecule has 1 unspecified atom stereocenters. The topological polar surface area (TPSA) is 79.0 Å². The number of guanidine groups is 1. The van der Waals surface area contributed by atoms with Gasteiger partial charge in [0.25, 0.3) is 0 Å². The average Bonchev–Trinajstić information content (AvgIpc) is 3.11. The smallest absolute Gasteiger partial charge is 0.467 e. The summed E-state index contributed by atoms with van der Waals surface area (Å²) in [5.74, 6) is 0.451. The minimum atomic E-state index is -4.77. The highest BCUT2D eigenvalue weighted by Crippen LogP contribution is 2.26. The lowest BCUT2D eigenvalue weighted by molar-refractivity contribution is -0.274. The first kappa shape index (κ1) is 23.1. The minimum Gasteiger partial charge on any atom is -0.467 e. The molecule has 0 amide bonds. The molecule has 0 spiro atoms. The van der Waals surface area contributed by atoms with Gasteiger partial charge in [-0.1, -0.05) is 18.2 Å². The van der Waals surface area contributed by atoms with Crippen LogP contribution in [0.25, 0.3) is 0 Å². The van der Waals surface area contributed by atoms with Crippen LogP contribution in [0.3, 0.4) is 0 Å². The quantitative estimate of drug-likeness (QED) is 0.309. The molecule has 0 aliphatic carbocycles. The predicted octanol–water partition coefficient (Wildman–Crippen LogP) is 3.58. The van der Waals surface area contributed by atoms with Crippen LogP contribution in [0.4, 0.5) is 13.2 Å². The number of aliphatic imine (C=N–C) groups is 1. The van der Waals surface area contributed by atoms with Gasteiger partial charge in [-0.25, -0.2) is 4.99 Å². The lowest BCUT2D eigenvalue weighted by Crippen LogP contribution is -2.39. The van der Waals surface area contributed by atoms with Gasteiger partial charge < -0.3 is 24.9 Å². The van der Waals surface area contributed by atoms with E-state index >= 15 is 0 Å². The Labute approximate surface area is 171 Å². The number of furan rings is 1. The van der Waals surface area contributed by atoms with Crippen molar-refractivity contribution < 1.29 is 27.4 Å². The molecule has 0 aliphatic heterocycles. The van der Waals surface area contributed by atoms with Gasteiger partial charge in [0.1, 0.15) is 17.6 Å². The molecule has 2 aromatic rings. The van der Waals surface area contributed by atoms with Crippen LogP contribution in [0.1, 0.15) is 24.4 Å². The second-order valence-corrected chi connectivity index (χ2v) is 5.26. The average molecular weight is 499 g/mol. The van der Waals surface area contributed by atoms with Gasteiger partial charge in [-0.3, -0.25) is 0 Å². The van der Waals surface area contributed by atoms with E-state index in [4.69, 9.17) is 4.42 Å². The molecule has 0 radical (unpaired) electrons. The summed E-state index contributed by atoms with van der Waals surface area (Å²) in [6.07, 6.45) is -4.19. The predicted molar refractivity (Wildman–Crippen MR) is 105 cm³/mol. The van der Waals surface area contributed by atoms with Crippen molar-refractivity contribution in [2.45, 2.75) is 25.9 Å². The second-order valence-electron chi connectivity index (χ2n) is 5.26. The number of aliphatic hydroxyl groups excluding tert-OH is 1. The van der Waals surface area contributed by atoms with Crippen molar-refractivity contribution >= 4 is 29.9 Å². The van der Waals surface area contributed by atoms with Crippen LogP contribution < -0.4 is 15.4 Å². The van der Waals surface area contributed by atoms with E-state index in [1.807, 2.05) is 6.92 Å². The molecule has 3 N–H and O–H groups in total. The Kier molecular flexibility index (Phi) is 9.43. The Morgan fingerprint density at radius 2 is 1.96 bits per heavy atom. The van der Waals surface area contributed by atoms with Crippen LogP contribution in [0, 0.1) is 0 Å². The minimum absolute atomic E-state index is 0. The van der Waals surface area contributed by atoms with E-state index in [2.05, 4.69) is 20.4 Å². The number of ether oxygens (including phenoxy) is 1. The zero-order chi connectivity index (χ0) is 19.0. The molecule has 1 heterocycles. The van der Waals surface area contributed by atoms with Crippen LogP contribution in [0.15, 0.2) is 52.1 Å². The van der Waals surface area contributed by atoms with Gasteiger partial charge in [0.15, 0.2) is 5.96 Å². The summed E-state index contributed by atoms with van der Waals surface area (Å²) in [5, 5.41) is 15.9. The van der Waals surface area contributed by atoms with Crippen molar-refractivity contribution in [3.05, 3.63) is 54.0 Å². The number of alkyl halides is 3. The molecule has 0 fully saturated rings. The first-order chi connectivity index (χ1) is 12.4. The van der Waals surface area contributed by atoms with E-state index in [-0.39, 0.29) is 48.4 Å². The van der Waals surface area contributed by atoms with E-state index in [1.165, 1.54) is 24.5 Å². The number of para-hydroxylation sites is 1. The lowest BCUT2D eigenvalue weighted by atomic mass is 10.2. The van der Waals surface area contributed by atoms with Crippen LogP contribution >= 0.6 is 24.0 Å². The summed E-state index contributed by atoms with van der Waals surface area (Å²) in [5.41, 5.74) is 0.286. The van der Waals surface area contributed by atoms with Crippen molar-refractivity contribution in [1.82, 2.24) is 10.6 Å². The van der Waals surface area contributed by atoms with Crippen molar-refractivity contribution in [2.75, 3.05) is 13.1 Å². The number of aliphatic hydroxyl groups is 1. The summed E-state index contributed by atoms with van der Waals surface area (Å²) >= 11 is 0. The molecular weight excluding hydrogens is 478 g/mol. The fraction of sp³-hybridized carbons (Fsp3) is 0.353. The maximum absolute atomic E-state index is 12.5. The zero-order valence-electron chi connectivity index (χ0n) is 14.5. The monoisotopic (exact) mass is 499 g/mol. The number of nitrogens with zero attached hydrogens (tertiary/aromatic N) is 1. The molecule has 0 bridgehead atoms. The first-order valence-corrected chi connectivity index (χ1v) is 7.96. The molecule has 6 nitrogen and oxygen atoms in total. The van der Waals surface area contributed by atoms with E-state index in [0.29, 0.717) is 18.3 Å². The maximum atomic E-state index is 12.5. The molecule has 1 aromatic heterocycles. The Bertz CT molecular complexity index is 709. The fourth-order valence-corrected chi connectivity index (χ4v) is 2.14. The van der Waals surface area contributed by atoms with Gasteiger partial charge in [0.2, 0.25) is 0 Å². The molecule has 10 heteroatoms. The van der Waals surface area contributed by atoms with Gasteiger partial charge in [0, 0.05) is 12.1 Å². The summed E-state index contributed by atoms with van der Waals surface area (Å²) in [6, 6.07) is 9.11. The summed E-state index contributed by atoms with van der Waals surface area (Å²) in [7, 11) is 0. The molecule has 1 atom stereocenters. The van der Waals surface area contributed by atoms with Crippen LogP contribution in [-0.2, 0) is 6.54 Å². The number of nitrogens with one attached hydrogen (secondary N) is 2. The Morgan fingerprint density at radius 3 is 2.59 bits per heavy atom. The molecule has 27 heavy (non-hydrogen) atoms. The Morgan fingerprint density at radius 1 is 1.22 bits per heavy atom. The molecule has 1 aromatic carbocycles. The Hall–Kier alpha value is -1.95. The van der Waals surface area contributed by atoms with Crippen LogP contribution in [0.2, 0.25) is 0 Å². The second kappa shape index (κ2) is 11.0. The summed E-state index contributed by atoms with van der Waals surface area (Å²) < 4.78 is 46.5. The number of hydrogen-bond acceptors (Lipinski definition) is 4. The fourth-order valence-electron chi connectivity index (χ4n) is 2.14. The molecule has 150 valence electrons. The van der Waals surface area contributed by atoms with Gasteiger partial charge in [-0.15, -0.1) is 37.1 Å². The largest absolute Gasteiger partial charge is 0.573 e. The molecule has 0 saturated heterocycles. The highest BCUT2D eigenvalue weighted by atomic mass is 127. The normalized spacial score (nSPS) is 12.9. The Balaban J connectivity index is 0.00000364. The summed E-state index contributed by atoms with van der Waals surface area (Å²) in [6.45, 7) is 2.49. The van der Waals surface area contributed by atoms with Crippen molar-refractivity contribution in [1.29, 1.82) is 0 Å². The highest BCUT2D eigenvalue weighted by Gasteiger charge is 2.31. The first-order valence-electron chi connectivity index (χ1n) is 7.96. The number of rotatable bonds is 7. The van der Waals surface area contributed by atoms with Crippen LogP contribution in [0.5, 0.6) is 5.75 Å². The van der Waals surface area contributed by atoms with E-state index < -0.39 is 12.5 Å². The molecule has 0 aliphatic rings. The van der Waals surface area contributed by atoms with Gasteiger partial charge in [0.05, 0.1) is 19.4 Å². The van der Waals surface area contributed by atoms with Crippen molar-refractivity contribution in [2.24, 2.45) is 4.99 Å². The van der Waals surface area contributed by atoms with Gasteiger partial charge in [-0.05, 0) is 25.1 Å². The number of halogens is 4. The third kappa shape index (κ3) is 8.08. The standard InChI is InChI=1S/C17H20F3N3O3.HI/c1-2-21-16(23-11-13(24)15-8-5-9-25-15)22-10-12-6-3-4-7-14(12)26-17(18,19)20;/h3-9,13,24H,2,10-11H2,1H3,(H2,21,22,23);1H.